The average Bonchev–Trinajstić information content (AvgIpc) is 2.34. The molecule has 0 unspecified atom stereocenters. The van der Waals surface area contributed by atoms with E-state index in [2.05, 4.69) is 22.4 Å². The fourth-order valence-corrected chi connectivity index (χ4v) is 1.35. The van der Waals surface area contributed by atoms with Crippen LogP contribution in [0.3, 0.4) is 0 Å². The Morgan fingerprint density at radius 2 is 2.06 bits per heavy atom. The maximum atomic E-state index is 5.58. The number of guanidine groups is 1. The zero-order chi connectivity index (χ0) is 11.8. The van der Waals surface area contributed by atoms with Crippen molar-refractivity contribution >= 4 is 5.96 Å². The van der Waals surface area contributed by atoms with Gasteiger partial charge < -0.3 is 15.8 Å². The molecule has 0 aliphatic heterocycles. The first-order valence-electron chi connectivity index (χ1n) is 5.38. The molecule has 1 rings (SSSR count). The Balaban J connectivity index is 2.63. The van der Waals surface area contributed by atoms with Gasteiger partial charge in [0.2, 0.25) is 0 Å². The van der Waals surface area contributed by atoms with Crippen LogP contribution in [-0.2, 0) is 17.9 Å². The lowest BCUT2D eigenvalue weighted by Crippen LogP contribution is -2.31. The standard InChI is InChI=1S/C12H19N3O/c1-3-16-9-11-7-5-4-6-10(11)8-15-12(13)14-2/h4-7H,3,8-9H2,1-2H3,(H3,13,14,15). The first-order valence-corrected chi connectivity index (χ1v) is 5.38. The third-order valence-corrected chi connectivity index (χ3v) is 2.28. The number of hydrogen-bond acceptors (Lipinski definition) is 2. The van der Waals surface area contributed by atoms with Crippen LogP contribution in [-0.4, -0.2) is 19.6 Å². The molecule has 0 saturated heterocycles. The van der Waals surface area contributed by atoms with E-state index in [-0.39, 0.29) is 0 Å². The van der Waals surface area contributed by atoms with E-state index in [4.69, 9.17) is 10.5 Å². The summed E-state index contributed by atoms with van der Waals surface area (Å²) in [5.41, 5.74) is 7.94. The summed E-state index contributed by atoms with van der Waals surface area (Å²) in [6, 6.07) is 8.14. The first kappa shape index (κ1) is 12.5. The minimum absolute atomic E-state index is 0.450. The van der Waals surface area contributed by atoms with E-state index >= 15 is 0 Å². The monoisotopic (exact) mass is 221 g/mol. The van der Waals surface area contributed by atoms with Crippen LogP contribution in [0.25, 0.3) is 0 Å². The molecule has 16 heavy (non-hydrogen) atoms. The molecule has 88 valence electrons. The van der Waals surface area contributed by atoms with E-state index in [1.807, 2.05) is 19.1 Å². The molecule has 0 bridgehead atoms. The van der Waals surface area contributed by atoms with Crippen LogP contribution in [0.1, 0.15) is 18.1 Å². The van der Waals surface area contributed by atoms with Gasteiger partial charge >= 0.3 is 0 Å². The highest BCUT2D eigenvalue weighted by Crippen LogP contribution is 2.09. The zero-order valence-corrected chi connectivity index (χ0v) is 9.86. The van der Waals surface area contributed by atoms with Crippen LogP contribution in [0.4, 0.5) is 0 Å². The van der Waals surface area contributed by atoms with Gasteiger partial charge in [0, 0.05) is 20.2 Å². The fourth-order valence-electron chi connectivity index (χ4n) is 1.35. The van der Waals surface area contributed by atoms with Gasteiger partial charge in [-0.1, -0.05) is 24.3 Å². The average molecular weight is 221 g/mol. The van der Waals surface area contributed by atoms with Gasteiger partial charge in [0.25, 0.3) is 0 Å². The van der Waals surface area contributed by atoms with Gasteiger partial charge in [0.1, 0.15) is 0 Å². The van der Waals surface area contributed by atoms with Crippen molar-refractivity contribution in [2.45, 2.75) is 20.1 Å². The number of nitrogens with two attached hydrogens (primary N) is 1. The summed E-state index contributed by atoms with van der Waals surface area (Å²) in [7, 11) is 1.66. The molecular formula is C12H19N3O. The van der Waals surface area contributed by atoms with Gasteiger partial charge in [-0.25, -0.2) is 0 Å². The van der Waals surface area contributed by atoms with Crippen LogP contribution >= 0.6 is 0 Å². The van der Waals surface area contributed by atoms with Crippen LogP contribution in [0.5, 0.6) is 0 Å². The number of ether oxygens (including phenoxy) is 1. The highest BCUT2D eigenvalue weighted by molar-refractivity contribution is 5.77. The van der Waals surface area contributed by atoms with Crippen molar-refractivity contribution in [3.05, 3.63) is 35.4 Å². The molecule has 4 heteroatoms. The summed E-state index contributed by atoms with van der Waals surface area (Å²) >= 11 is 0. The molecule has 0 radical (unpaired) electrons. The third-order valence-electron chi connectivity index (χ3n) is 2.28. The summed E-state index contributed by atoms with van der Waals surface area (Å²) < 4.78 is 5.40. The normalized spacial score (nSPS) is 11.5. The molecule has 0 amide bonds. The van der Waals surface area contributed by atoms with Crippen LogP contribution in [0, 0.1) is 0 Å². The number of benzene rings is 1. The fraction of sp³-hybridized carbons (Fsp3) is 0.417. The van der Waals surface area contributed by atoms with Crippen molar-refractivity contribution in [1.29, 1.82) is 0 Å². The maximum absolute atomic E-state index is 5.58. The molecule has 3 N–H and O–H groups in total. The Hall–Kier alpha value is -1.55. The van der Waals surface area contributed by atoms with Gasteiger partial charge in [-0.3, -0.25) is 4.99 Å². The minimum atomic E-state index is 0.450. The van der Waals surface area contributed by atoms with Crippen LogP contribution in [0.2, 0.25) is 0 Å². The molecule has 0 fully saturated rings. The van der Waals surface area contributed by atoms with E-state index < -0.39 is 0 Å². The molecule has 1 aromatic rings. The van der Waals surface area contributed by atoms with Gasteiger partial charge in [-0.15, -0.1) is 0 Å². The quantitative estimate of drug-likeness (QED) is 0.581. The van der Waals surface area contributed by atoms with Gasteiger partial charge in [-0.05, 0) is 18.1 Å². The van der Waals surface area contributed by atoms with Crippen LogP contribution in [0.15, 0.2) is 29.3 Å². The Morgan fingerprint density at radius 1 is 1.38 bits per heavy atom. The Bertz CT molecular complexity index is 350. The lowest BCUT2D eigenvalue weighted by molar-refractivity contribution is 0.133. The van der Waals surface area contributed by atoms with E-state index in [9.17, 15) is 0 Å². The van der Waals surface area contributed by atoms with Crippen molar-refractivity contribution in [2.24, 2.45) is 10.7 Å². The molecule has 0 aliphatic rings. The predicted molar refractivity (Wildman–Crippen MR) is 66.2 cm³/mol. The second kappa shape index (κ2) is 6.85. The summed E-state index contributed by atoms with van der Waals surface area (Å²) in [4.78, 5) is 3.85. The molecule has 0 aromatic heterocycles. The second-order valence-electron chi connectivity index (χ2n) is 3.37. The summed E-state index contributed by atoms with van der Waals surface area (Å²) in [6.45, 7) is 4.02. The van der Waals surface area contributed by atoms with E-state index in [1.54, 1.807) is 7.05 Å². The Morgan fingerprint density at radius 3 is 2.69 bits per heavy atom. The number of rotatable bonds is 5. The van der Waals surface area contributed by atoms with E-state index in [0.29, 0.717) is 19.1 Å². The van der Waals surface area contributed by atoms with E-state index in [1.165, 1.54) is 11.1 Å². The number of hydrogen-bond donors (Lipinski definition) is 2. The maximum Gasteiger partial charge on any atom is 0.188 e. The Kier molecular flexibility index (Phi) is 5.36. The molecular weight excluding hydrogens is 202 g/mol. The van der Waals surface area contributed by atoms with Gasteiger partial charge in [0.05, 0.1) is 6.61 Å². The lowest BCUT2D eigenvalue weighted by atomic mass is 10.1. The smallest absolute Gasteiger partial charge is 0.188 e. The van der Waals surface area contributed by atoms with Crippen molar-refractivity contribution in [3.63, 3.8) is 0 Å². The highest BCUT2D eigenvalue weighted by atomic mass is 16.5. The minimum Gasteiger partial charge on any atom is -0.377 e. The molecule has 4 nitrogen and oxygen atoms in total. The Labute approximate surface area is 96.5 Å². The van der Waals surface area contributed by atoms with Crippen molar-refractivity contribution in [1.82, 2.24) is 5.32 Å². The zero-order valence-electron chi connectivity index (χ0n) is 9.86. The second-order valence-corrected chi connectivity index (χ2v) is 3.37. The SMILES string of the molecule is CCOCc1ccccc1CNC(N)=NC. The first-order chi connectivity index (χ1) is 7.77. The summed E-state index contributed by atoms with van der Waals surface area (Å²) in [5, 5.41) is 3.04. The van der Waals surface area contributed by atoms with Crippen molar-refractivity contribution in [3.8, 4) is 0 Å². The summed E-state index contributed by atoms with van der Waals surface area (Å²) in [6.07, 6.45) is 0. The predicted octanol–water partition coefficient (Wildman–Crippen LogP) is 1.26. The molecule has 0 spiro atoms. The number of aliphatic imine (C=N–C) groups is 1. The molecule has 0 saturated carbocycles. The van der Waals surface area contributed by atoms with Crippen molar-refractivity contribution in [2.75, 3.05) is 13.7 Å². The third kappa shape index (κ3) is 3.90. The molecule has 0 heterocycles. The highest BCUT2D eigenvalue weighted by Gasteiger charge is 2.01. The summed E-state index contributed by atoms with van der Waals surface area (Å²) in [5.74, 6) is 0.450. The van der Waals surface area contributed by atoms with Gasteiger partial charge in [-0.2, -0.15) is 0 Å². The number of nitrogens with zero attached hydrogens (tertiary/aromatic N) is 1. The van der Waals surface area contributed by atoms with E-state index in [0.717, 1.165) is 6.61 Å². The number of nitrogens with one attached hydrogen (secondary N) is 1. The lowest BCUT2D eigenvalue weighted by Gasteiger charge is -2.10. The molecule has 0 atom stereocenters. The molecule has 0 aliphatic carbocycles. The topological polar surface area (TPSA) is 59.6 Å². The van der Waals surface area contributed by atoms with Crippen molar-refractivity contribution < 1.29 is 4.74 Å². The van der Waals surface area contributed by atoms with Crippen LogP contribution < -0.4 is 11.1 Å². The van der Waals surface area contributed by atoms with Gasteiger partial charge in [0.15, 0.2) is 5.96 Å². The largest absolute Gasteiger partial charge is 0.377 e. The molecule has 1 aromatic carbocycles.